The monoisotopic (exact) mass is 416 g/mol. The molecule has 1 aromatic heterocycles. The van der Waals surface area contributed by atoms with Gasteiger partial charge in [0.15, 0.2) is 20.0 Å². The van der Waals surface area contributed by atoms with E-state index in [4.69, 9.17) is 32.7 Å². The van der Waals surface area contributed by atoms with Crippen molar-refractivity contribution in [3.63, 3.8) is 0 Å². The average Bonchev–Trinajstić information content (AvgIpc) is 3.05. The smallest absolute Gasteiger partial charge is 0.776 e. The largest absolute Gasteiger partial charge is 1.00 e. The molecule has 2 rings (SSSR count). The first kappa shape index (κ1) is 22.6. The van der Waals surface area contributed by atoms with Crippen molar-refractivity contribution in [2.45, 2.75) is 5.85 Å². The molecule has 11 heteroatoms. The van der Waals surface area contributed by atoms with Crippen molar-refractivity contribution in [2.24, 2.45) is 0 Å². The van der Waals surface area contributed by atoms with Gasteiger partial charge in [-0.2, -0.15) is 0 Å². The molecule has 0 bridgehead atoms. The Kier molecular flexibility index (Phi) is 9.03. The fourth-order valence-electron chi connectivity index (χ4n) is 1.69. The number of carbonyl (C=O) groups excluding carboxylic acids is 1. The van der Waals surface area contributed by atoms with Gasteiger partial charge in [0.05, 0.1) is 9.90 Å². The van der Waals surface area contributed by atoms with Gasteiger partial charge in [0.25, 0.3) is 0 Å². The van der Waals surface area contributed by atoms with Crippen molar-refractivity contribution in [3.8, 4) is 5.75 Å². The molecule has 0 amide bonds. The summed E-state index contributed by atoms with van der Waals surface area (Å²) in [7, 11) is -3.41. The third-order valence-corrected chi connectivity index (χ3v) is 5.90. The van der Waals surface area contributed by atoms with E-state index in [1.165, 1.54) is 18.2 Å². The molecule has 0 fully saturated rings. The van der Waals surface area contributed by atoms with Crippen LogP contribution < -0.4 is 28.5 Å². The van der Waals surface area contributed by atoms with Crippen molar-refractivity contribution in [1.29, 1.82) is 0 Å². The molecular weight excluding hydrogens is 405 g/mol. The minimum absolute atomic E-state index is 0. The fourth-order valence-corrected chi connectivity index (χ4v) is 4.20. The normalized spacial score (nSPS) is 14.1. The summed E-state index contributed by atoms with van der Waals surface area (Å²) in [5.74, 6) is -2.19. The molecule has 0 aliphatic rings. The van der Waals surface area contributed by atoms with Gasteiger partial charge in [-0.1, -0.05) is 29.3 Å². The SMILES string of the molecule is COP(=O)([O-])C(OC(=O)COc1ccc(Cl)cc1Cl)c1cccs1.[Li+]. The number of carbonyl (C=O) groups is 1. The molecule has 1 heterocycles. The molecule has 0 spiro atoms. The Hall–Kier alpha value is -0.483. The number of thiophene rings is 1. The average molecular weight is 417 g/mol. The van der Waals surface area contributed by atoms with E-state index in [1.807, 2.05) is 0 Å². The summed E-state index contributed by atoms with van der Waals surface area (Å²) in [4.78, 5) is 24.2. The molecule has 0 N–H and O–H groups in total. The molecule has 0 aliphatic heterocycles. The molecule has 0 aliphatic carbocycles. The second kappa shape index (κ2) is 10.0. The summed E-state index contributed by atoms with van der Waals surface area (Å²) in [6, 6.07) is 7.65. The second-order valence-electron chi connectivity index (χ2n) is 4.44. The van der Waals surface area contributed by atoms with Crippen LogP contribution in [0.3, 0.4) is 0 Å². The number of benzene rings is 1. The van der Waals surface area contributed by atoms with Gasteiger partial charge in [0, 0.05) is 12.1 Å². The van der Waals surface area contributed by atoms with Crippen LogP contribution in [0.1, 0.15) is 10.7 Å². The van der Waals surface area contributed by atoms with E-state index in [0.29, 0.717) is 9.90 Å². The quantitative estimate of drug-likeness (QED) is 0.378. The molecular formula is C14H12Cl2LiO6PS. The van der Waals surface area contributed by atoms with Crippen LogP contribution in [-0.2, 0) is 18.6 Å². The first-order valence-electron chi connectivity index (χ1n) is 6.50. The third-order valence-electron chi connectivity index (χ3n) is 2.81. The molecule has 1 aromatic carbocycles. The van der Waals surface area contributed by atoms with E-state index in [-0.39, 0.29) is 29.6 Å². The fraction of sp³-hybridized carbons (Fsp3) is 0.214. The summed E-state index contributed by atoms with van der Waals surface area (Å²) >= 11 is 12.8. The van der Waals surface area contributed by atoms with Crippen LogP contribution in [0.15, 0.2) is 35.7 Å². The topological polar surface area (TPSA) is 84.9 Å². The molecule has 0 radical (unpaired) electrons. The van der Waals surface area contributed by atoms with Crippen LogP contribution in [0.5, 0.6) is 5.75 Å². The number of rotatable bonds is 7. The molecule has 2 aromatic rings. The van der Waals surface area contributed by atoms with E-state index < -0.39 is 26.0 Å². The number of halogens is 2. The van der Waals surface area contributed by atoms with Crippen LogP contribution in [0, 0.1) is 0 Å². The van der Waals surface area contributed by atoms with Gasteiger partial charge in [-0.15, -0.1) is 11.3 Å². The van der Waals surface area contributed by atoms with Gasteiger partial charge in [0.2, 0.25) is 0 Å². The number of hydrogen-bond acceptors (Lipinski definition) is 7. The predicted octanol–water partition coefficient (Wildman–Crippen LogP) is 0.879. The predicted molar refractivity (Wildman–Crippen MR) is 89.7 cm³/mol. The van der Waals surface area contributed by atoms with Crippen LogP contribution in [0.25, 0.3) is 0 Å². The van der Waals surface area contributed by atoms with E-state index in [2.05, 4.69) is 4.52 Å². The molecule has 2 atom stereocenters. The standard InChI is InChI=1S/C14H13Cl2O6PS.Li/c1-20-23(18,19)14(12-3-2-6-24-12)22-13(17)8-21-11-5-4-9(15)7-10(11)16;/h2-7,14H,8H2,1H3,(H,18,19);/q;+1/p-1. The van der Waals surface area contributed by atoms with E-state index in [0.717, 1.165) is 18.4 Å². The molecule has 6 nitrogen and oxygen atoms in total. The van der Waals surface area contributed by atoms with Crippen molar-refractivity contribution < 1.29 is 47.1 Å². The Balaban J connectivity index is 0.00000312. The third kappa shape index (κ3) is 6.32. The summed E-state index contributed by atoms with van der Waals surface area (Å²) in [5, 5.41) is 2.30. The zero-order chi connectivity index (χ0) is 17.7. The summed E-state index contributed by atoms with van der Waals surface area (Å²) < 4.78 is 26.7. The Morgan fingerprint density at radius 3 is 2.64 bits per heavy atom. The van der Waals surface area contributed by atoms with Crippen molar-refractivity contribution in [1.82, 2.24) is 0 Å². The Morgan fingerprint density at radius 1 is 1.36 bits per heavy atom. The van der Waals surface area contributed by atoms with Crippen LogP contribution in [0.4, 0.5) is 0 Å². The summed E-state index contributed by atoms with van der Waals surface area (Å²) in [6.45, 7) is -0.521. The Morgan fingerprint density at radius 2 is 2.08 bits per heavy atom. The molecule has 0 saturated heterocycles. The number of ether oxygens (including phenoxy) is 2. The van der Waals surface area contributed by atoms with Crippen LogP contribution >= 0.6 is 42.1 Å². The van der Waals surface area contributed by atoms with Gasteiger partial charge in [-0.3, -0.25) is 0 Å². The minimum Gasteiger partial charge on any atom is -0.776 e. The minimum atomic E-state index is -4.42. The number of esters is 1. The maximum atomic E-state index is 12.0. The molecule has 2 unspecified atom stereocenters. The van der Waals surface area contributed by atoms with Crippen LogP contribution in [-0.4, -0.2) is 19.7 Å². The number of hydrogen-bond donors (Lipinski definition) is 0. The van der Waals surface area contributed by atoms with Gasteiger partial charge < -0.3 is 23.5 Å². The molecule has 0 saturated carbocycles. The van der Waals surface area contributed by atoms with Gasteiger partial charge >= 0.3 is 24.8 Å². The Bertz CT molecular complexity index is 758. The first-order chi connectivity index (χ1) is 11.3. The first-order valence-corrected chi connectivity index (χ1v) is 9.75. The van der Waals surface area contributed by atoms with E-state index in [9.17, 15) is 14.3 Å². The summed E-state index contributed by atoms with van der Waals surface area (Å²) in [6.07, 6.45) is 0. The van der Waals surface area contributed by atoms with Gasteiger partial charge in [-0.05, 0) is 29.6 Å². The van der Waals surface area contributed by atoms with Crippen molar-refractivity contribution in [2.75, 3.05) is 13.7 Å². The molecule has 25 heavy (non-hydrogen) atoms. The zero-order valence-electron chi connectivity index (χ0n) is 13.3. The van der Waals surface area contributed by atoms with Crippen LogP contribution in [0.2, 0.25) is 10.0 Å². The van der Waals surface area contributed by atoms with E-state index in [1.54, 1.807) is 17.5 Å². The second-order valence-corrected chi connectivity index (χ2v) is 8.18. The Labute approximate surface area is 170 Å². The van der Waals surface area contributed by atoms with Gasteiger partial charge in [0.1, 0.15) is 5.75 Å². The van der Waals surface area contributed by atoms with Crippen molar-refractivity contribution in [3.05, 3.63) is 50.6 Å². The molecule has 130 valence electrons. The maximum absolute atomic E-state index is 12.0. The van der Waals surface area contributed by atoms with Gasteiger partial charge in [-0.25, -0.2) is 4.79 Å². The summed E-state index contributed by atoms with van der Waals surface area (Å²) in [5.41, 5.74) is 0. The van der Waals surface area contributed by atoms with E-state index >= 15 is 0 Å². The maximum Gasteiger partial charge on any atom is 1.00 e. The van der Waals surface area contributed by atoms with Crippen molar-refractivity contribution >= 4 is 48.1 Å². The zero-order valence-corrected chi connectivity index (χ0v) is 16.5.